The molecule has 1 unspecified atom stereocenters. The highest BCUT2D eigenvalue weighted by molar-refractivity contribution is 14.1. The molecule has 1 atom stereocenters. The van der Waals surface area contributed by atoms with Crippen molar-refractivity contribution in [2.24, 2.45) is 25.9 Å². The molecule has 0 spiro atoms. The SMILES string of the molecule is Cn1cc(C(O)c2cnn(CC3CC3)c2)c(I)n1.Cn1cc(Cc2cnn(CC3CC3)c2)c(I)n1. The van der Waals surface area contributed by atoms with E-state index in [1.165, 1.54) is 36.8 Å². The Morgan fingerprint density at radius 1 is 0.857 bits per heavy atom. The third-order valence-corrected chi connectivity index (χ3v) is 8.04. The molecule has 0 aromatic carbocycles. The second-order valence-corrected chi connectivity index (χ2v) is 11.7. The van der Waals surface area contributed by atoms with Crippen LogP contribution in [-0.4, -0.2) is 44.2 Å². The smallest absolute Gasteiger partial charge is 0.129 e. The molecule has 4 aromatic rings. The molecule has 9 nitrogen and oxygen atoms in total. The number of hydrogen-bond acceptors (Lipinski definition) is 5. The summed E-state index contributed by atoms with van der Waals surface area (Å²) in [5.41, 5.74) is 4.22. The summed E-state index contributed by atoms with van der Waals surface area (Å²) < 4.78 is 9.51. The van der Waals surface area contributed by atoms with E-state index in [0.717, 1.165) is 49.9 Å². The molecule has 4 aromatic heterocycles. The lowest BCUT2D eigenvalue weighted by Gasteiger charge is -2.05. The summed E-state index contributed by atoms with van der Waals surface area (Å²) in [5, 5.41) is 27.6. The van der Waals surface area contributed by atoms with E-state index < -0.39 is 6.10 Å². The first-order chi connectivity index (χ1) is 16.8. The van der Waals surface area contributed by atoms with Crippen LogP contribution < -0.4 is 0 Å². The van der Waals surface area contributed by atoms with Crippen LogP contribution in [-0.2, 0) is 33.6 Å². The first-order valence-electron chi connectivity index (χ1n) is 11.9. The van der Waals surface area contributed by atoms with E-state index in [1.54, 1.807) is 10.9 Å². The second kappa shape index (κ2) is 10.7. The summed E-state index contributed by atoms with van der Waals surface area (Å²) in [6, 6.07) is 0. The zero-order chi connectivity index (χ0) is 24.5. The predicted molar refractivity (Wildman–Crippen MR) is 149 cm³/mol. The highest BCUT2D eigenvalue weighted by atomic mass is 127. The molecular formula is C24H30I2N8O. The highest BCUT2D eigenvalue weighted by Gasteiger charge is 2.24. The standard InChI is InChI=1S/C12H15IN4O.C12H15IN4/c1-16-7-10(12(13)15-16)11(18)9-4-14-17(6-9)5-8-2-3-8;1-16-8-11(12(13)15-16)4-10-5-14-17(7-10)6-9-2-3-9/h4,6-8,11,18H,2-3,5H2,1H3;5,7-9H,2-4,6H2,1H3. The molecule has 0 saturated heterocycles. The Morgan fingerprint density at radius 2 is 1.46 bits per heavy atom. The molecule has 11 heteroatoms. The van der Waals surface area contributed by atoms with Crippen molar-refractivity contribution >= 4 is 45.2 Å². The fourth-order valence-corrected chi connectivity index (χ4v) is 5.48. The van der Waals surface area contributed by atoms with Crippen LogP contribution >= 0.6 is 45.2 Å². The number of nitrogens with zero attached hydrogens (tertiary/aromatic N) is 8. The number of rotatable bonds is 8. The molecule has 4 heterocycles. The number of aliphatic hydroxyl groups excluding tert-OH is 1. The Labute approximate surface area is 232 Å². The molecule has 186 valence electrons. The van der Waals surface area contributed by atoms with Gasteiger partial charge < -0.3 is 5.11 Å². The van der Waals surface area contributed by atoms with Gasteiger partial charge in [0, 0.05) is 75.1 Å². The molecule has 2 aliphatic carbocycles. The van der Waals surface area contributed by atoms with Crippen molar-refractivity contribution in [2.45, 2.75) is 51.3 Å². The monoisotopic (exact) mass is 700 g/mol. The molecule has 0 bridgehead atoms. The molecule has 0 aliphatic heterocycles. The molecule has 2 fully saturated rings. The molecule has 0 amide bonds. The highest BCUT2D eigenvalue weighted by Crippen LogP contribution is 2.31. The van der Waals surface area contributed by atoms with Crippen molar-refractivity contribution < 1.29 is 5.11 Å². The van der Waals surface area contributed by atoms with Crippen molar-refractivity contribution in [3.8, 4) is 0 Å². The van der Waals surface area contributed by atoms with E-state index in [1.807, 2.05) is 42.0 Å². The van der Waals surface area contributed by atoms with Gasteiger partial charge in [0.2, 0.25) is 0 Å². The van der Waals surface area contributed by atoms with Gasteiger partial charge in [-0.1, -0.05) is 0 Å². The topological polar surface area (TPSA) is 91.5 Å². The molecule has 2 saturated carbocycles. The molecule has 6 rings (SSSR count). The summed E-state index contributed by atoms with van der Waals surface area (Å²) in [6.07, 6.45) is 17.4. The van der Waals surface area contributed by atoms with Crippen LogP contribution in [0.1, 0.15) is 54.0 Å². The molecule has 1 N–H and O–H groups in total. The Kier molecular flexibility index (Phi) is 7.63. The third-order valence-electron chi connectivity index (χ3n) is 6.29. The van der Waals surface area contributed by atoms with Gasteiger partial charge in [-0.2, -0.15) is 20.4 Å². The van der Waals surface area contributed by atoms with Gasteiger partial charge in [-0.25, -0.2) is 0 Å². The quantitative estimate of drug-likeness (QED) is 0.282. The van der Waals surface area contributed by atoms with E-state index in [4.69, 9.17) is 0 Å². The molecular weight excluding hydrogens is 670 g/mol. The van der Waals surface area contributed by atoms with E-state index >= 15 is 0 Å². The average Bonchev–Trinajstić information content (AvgIpc) is 3.62. The van der Waals surface area contributed by atoms with Gasteiger partial charge in [-0.05, 0) is 88.3 Å². The second-order valence-electron chi connectivity index (χ2n) is 9.70. The van der Waals surface area contributed by atoms with E-state index in [9.17, 15) is 5.11 Å². The number of aliphatic hydroxyl groups is 1. The number of aryl methyl sites for hydroxylation is 2. The van der Waals surface area contributed by atoms with Crippen molar-refractivity contribution in [1.82, 2.24) is 39.1 Å². The van der Waals surface area contributed by atoms with Crippen LogP contribution in [0.3, 0.4) is 0 Å². The Morgan fingerprint density at radius 3 is 2.03 bits per heavy atom. The maximum absolute atomic E-state index is 10.3. The van der Waals surface area contributed by atoms with Gasteiger partial charge in [0.1, 0.15) is 13.5 Å². The number of halogens is 2. The lowest BCUT2D eigenvalue weighted by molar-refractivity contribution is 0.219. The first kappa shape index (κ1) is 24.9. The minimum atomic E-state index is -0.640. The first-order valence-corrected chi connectivity index (χ1v) is 14.1. The Hall–Kier alpha value is -1.74. The van der Waals surface area contributed by atoms with Crippen LogP contribution in [0.25, 0.3) is 0 Å². The summed E-state index contributed by atoms with van der Waals surface area (Å²) in [4.78, 5) is 0. The number of aromatic nitrogens is 8. The van der Waals surface area contributed by atoms with Gasteiger partial charge in [0.25, 0.3) is 0 Å². The minimum Gasteiger partial charge on any atom is -0.383 e. The average molecular weight is 700 g/mol. The van der Waals surface area contributed by atoms with Crippen molar-refractivity contribution in [3.05, 3.63) is 66.8 Å². The summed E-state index contributed by atoms with van der Waals surface area (Å²) in [7, 11) is 3.82. The Balaban J connectivity index is 0.000000145. The predicted octanol–water partition coefficient (Wildman–Crippen LogP) is 3.93. The van der Waals surface area contributed by atoms with Crippen LogP contribution in [0.4, 0.5) is 0 Å². The van der Waals surface area contributed by atoms with Gasteiger partial charge in [-0.15, -0.1) is 0 Å². The van der Waals surface area contributed by atoms with Crippen LogP contribution in [0.2, 0.25) is 0 Å². The third kappa shape index (κ3) is 6.73. The van der Waals surface area contributed by atoms with Crippen molar-refractivity contribution in [3.63, 3.8) is 0 Å². The summed E-state index contributed by atoms with van der Waals surface area (Å²) in [5.74, 6) is 1.66. The molecule has 0 radical (unpaired) electrons. The summed E-state index contributed by atoms with van der Waals surface area (Å²) >= 11 is 4.43. The van der Waals surface area contributed by atoms with Crippen LogP contribution in [0, 0.1) is 19.2 Å². The molecule has 35 heavy (non-hydrogen) atoms. The lowest BCUT2D eigenvalue weighted by atomic mass is 10.1. The minimum absolute atomic E-state index is 0.640. The van der Waals surface area contributed by atoms with Crippen LogP contribution in [0.5, 0.6) is 0 Å². The molecule has 2 aliphatic rings. The lowest BCUT2D eigenvalue weighted by Crippen LogP contribution is -2.01. The Bertz CT molecular complexity index is 1280. The van der Waals surface area contributed by atoms with Gasteiger partial charge in [0.05, 0.1) is 12.4 Å². The maximum atomic E-state index is 10.3. The largest absolute Gasteiger partial charge is 0.383 e. The number of hydrogen-bond donors (Lipinski definition) is 1. The van der Waals surface area contributed by atoms with Gasteiger partial charge in [0.15, 0.2) is 0 Å². The fourth-order valence-electron chi connectivity index (χ4n) is 4.04. The maximum Gasteiger partial charge on any atom is 0.129 e. The van der Waals surface area contributed by atoms with E-state index in [-0.39, 0.29) is 0 Å². The zero-order valence-electron chi connectivity index (χ0n) is 19.9. The summed E-state index contributed by atoms with van der Waals surface area (Å²) in [6.45, 7) is 2.06. The van der Waals surface area contributed by atoms with E-state index in [0.29, 0.717) is 0 Å². The zero-order valence-corrected chi connectivity index (χ0v) is 24.2. The van der Waals surface area contributed by atoms with Crippen molar-refractivity contribution in [1.29, 1.82) is 0 Å². The fraction of sp³-hybridized carbons (Fsp3) is 0.500. The van der Waals surface area contributed by atoms with Gasteiger partial charge in [-0.3, -0.25) is 18.7 Å². The van der Waals surface area contributed by atoms with Crippen LogP contribution in [0.15, 0.2) is 37.2 Å². The van der Waals surface area contributed by atoms with E-state index in [2.05, 4.69) is 82.7 Å². The van der Waals surface area contributed by atoms with Crippen molar-refractivity contribution in [2.75, 3.05) is 0 Å². The normalized spacial score (nSPS) is 16.3. The van der Waals surface area contributed by atoms with Gasteiger partial charge >= 0.3 is 0 Å².